The molecule has 2 fully saturated rings. The lowest BCUT2D eigenvalue weighted by Gasteiger charge is -2.17. The van der Waals surface area contributed by atoms with Gasteiger partial charge >= 0.3 is 0 Å². The third-order valence-electron chi connectivity index (χ3n) is 3.69. The summed E-state index contributed by atoms with van der Waals surface area (Å²) in [6, 6.07) is 3.79. The van der Waals surface area contributed by atoms with Gasteiger partial charge in [-0.2, -0.15) is 0 Å². The fourth-order valence-corrected chi connectivity index (χ4v) is 2.70. The van der Waals surface area contributed by atoms with Crippen LogP contribution in [0, 0.1) is 11.8 Å². The summed E-state index contributed by atoms with van der Waals surface area (Å²) in [6.45, 7) is 3.35. The van der Waals surface area contributed by atoms with E-state index in [1.807, 2.05) is 34.8 Å². The van der Waals surface area contributed by atoms with Crippen molar-refractivity contribution in [1.29, 1.82) is 0 Å². The Hall–Kier alpha value is -1.29. The standard InChI is InChI=1S/C12H16N2O2/c1-13-4-2-3-11(13)12(15)14-5-9-7-16-8-10(9)6-14/h2-4,9-10H,5-8H2,1H3/t9-,10-/m0/s1. The number of likely N-dealkylation sites (tertiary alicyclic amines) is 1. The minimum Gasteiger partial charge on any atom is -0.381 e. The monoisotopic (exact) mass is 220 g/mol. The van der Waals surface area contributed by atoms with Gasteiger partial charge in [-0.3, -0.25) is 4.79 Å². The van der Waals surface area contributed by atoms with Gasteiger partial charge in [0.15, 0.2) is 0 Å². The van der Waals surface area contributed by atoms with Crippen molar-refractivity contribution in [3.8, 4) is 0 Å². The molecule has 0 unspecified atom stereocenters. The second-order valence-electron chi connectivity index (χ2n) is 4.77. The van der Waals surface area contributed by atoms with E-state index < -0.39 is 0 Å². The molecule has 1 aromatic rings. The van der Waals surface area contributed by atoms with E-state index in [1.54, 1.807) is 0 Å². The molecular weight excluding hydrogens is 204 g/mol. The molecule has 0 spiro atoms. The van der Waals surface area contributed by atoms with Crippen LogP contribution in [0.15, 0.2) is 18.3 Å². The lowest BCUT2D eigenvalue weighted by Crippen LogP contribution is -2.31. The first-order valence-electron chi connectivity index (χ1n) is 5.74. The fraction of sp³-hybridized carbons (Fsp3) is 0.583. The van der Waals surface area contributed by atoms with Crippen molar-refractivity contribution in [1.82, 2.24) is 9.47 Å². The number of amides is 1. The van der Waals surface area contributed by atoms with Crippen LogP contribution >= 0.6 is 0 Å². The number of nitrogens with zero attached hydrogens (tertiary/aromatic N) is 2. The Morgan fingerprint density at radius 1 is 1.38 bits per heavy atom. The number of carbonyl (C=O) groups excluding carboxylic acids is 1. The van der Waals surface area contributed by atoms with Gasteiger partial charge < -0.3 is 14.2 Å². The Morgan fingerprint density at radius 3 is 2.62 bits per heavy atom. The first-order valence-corrected chi connectivity index (χ1v) is 5.74. The van der Waals surface area contributed by atoms with E-state index in [2.05, 4.69) is 0 Å². The second kappa shape index (κ2) is 3.63. The maximum absolute atomic E-state index is 12.2. The minimum absolute atomic E-state index is 0.155. The third kappa shape index (κ3) is 1.45. The van der Waals surface area contributed by atoms with Gasteiger partial charge in [0.2, 0.25) is 0 Å². The number of rotatable bonds is 1. The van der Waals surface area contributed by atoms with Crippen molar-refractivity contribution in [2.45, 2.75) is 0 Å². The predicted molar refractivity (Wildman–Crippen MR) is 59.1 cm³/mol. The summed E-state index contributed by atoms with van der Waals surface area (Å²) < 4.78 is 7.29. The minimum atomic E-state index is 0.155. The molecule has 4 nitrogen and oxygen atoms in total. The molecule has 0 radical (unpaired) electrons. The van der Waals surface area contributed by atoms with Crippen LogP contribution in [0.1, 0.15) is 10.5 Å². The van der Waals surface area contributed by atoms with E-state index in [1.165, 1.54) is 0 Å². The number of carbonyl (C=O) groups is 1. The highest BCUT2D eigenvalue weighted by Gasteiger charge is 2.39. The Bertz CT molecular complexity index is 401. The molecule has 0 aromatic carbocycles. The average Bonchev–Trinajstić information content (AvgIpc) is 2.89. The SMILES string of the molecule is Cn1cccc1C(=O)N1C[C@H]2COC[C@@H]2C1. The quantitative estimate of drug-likeness (QED) is 0.699. The highest BCUT2D eigenvalue weighted by Crippen LogP contribution is 2.29. The van der Waals surface area contributed by atoms with Crippen molar-refractivity contribution in [2.75, 3.05) is 26.3 Å². The van der Waals surface area contributed by atoms with Crippen molar-refractivity contribution in [3.05, 3.63) is 24.0 Å². The summed E-state index contributed by atoms with van der Waals surface area (Å²) in [4.78, 5) is 14.2. The predicted octanol–water partition coefficient (Wildman–Crippen LogP) is 0.744. The lowest BCUT2D eigenvalue weighted by molar-refractivity contribution is 0.0742. The van der Waals surface area contributed by atoms with Gasteiger partial charge in [0.05, 0.1) is 13.2 Å². The van der Waals surface area contributed by atoms with Crippen molar-refractivity contribution >= 4 is 5.91 Å². The van der Waals surface area contributed by atoms with Gasteiger partial charge in [-0.05, 0) is 12.1 Å². The Balaban J connectivity index is 1.75. The number of ether oxygens (including phenoxy) is 1. The van der Waals surface area contributed by atoms with Crippen LogP contribution in [0.4, 0.5) is 0 Å². The molecule has 0 saturated carbocycles. The molecule has 86 valence electrons. The first-order chi connectivity index (χ1) is 7.75. The number of hydrogen-bond acceptors (Lipinski definition) is 2. The Kier molecular flexibility index (Phi) is 2.24. The maximum Gasteiger partial charge on any atom is 0.270 e. The van der Waals surface area contributed by atoms with E-state index in [0.29, 0.717) is 11.8 Å². The zero-order chi connectivity index (χ0) is 11.1. The molecule has 3 rings (SSSR count). The van der Waals surface area contributed by atoms with E-state index >= 15 is 0 Å². The zero-order valence-electron chi connectivity index (χ0n) is 9.43. The number of fused-ring (bicyclic) bond motifs is 1. The molecule has 0 bridgehead atoms. The molecule has 2 saturated heterocycles. The summed E-state index contributed by atoms with van der Waals surface area (Å²) in [6.07, 6.45) is 1.91. The lowest BCUT2D eigenvalue weighted by atomic mass is 10.0. The van der Waals surface area contributed by atoms with Crippen LogP contribution < -0.4 is 0 Å². The van der Waals surface area contributed by atoms with Crippen molar-refractivity contribution < 1.29 is 9.53 Å². The molecule has 1 aromatic heterocycles. The summed E-state index contributed by atoms with van der Waals surface area (Å²) >= 11 is 0. The topological polar surface area (TPSA) is 34.5 Å². The summed E-state index contributed by atoms with van der Waals surface area (Å²) in [5, 5.41) is 0. The van der Waals surface area contributed by atoms with Crippen LogP contribution in [0.5, 0.6) is 0 Å². The molecule has 2 aliphatic rings. The van der Waals surface area contributed by atoms with Gasteiger partial charge in [0, 0.05) is 38.2 Å². The van der Waals surface area contributed by atoms with Crippen LogP contribution in [0.25, 0.3) is 0 Å². The van der Waals surface area contributed by atoms with E-state index in [-0.39, 0.29) is 5.91 Å². The van der Waals surface area contributed by atoms with E-state index in [9.17, 15) is 4.79 Å². The molecule has 0 N–H and O–H groups in total. The van der Waals surface area contributed by atoms with Crippen molar-refractivity contribution in [3.63, 3.8) is 0 Å². The number of aryl methyl sites for hydroxylation is 1. The number of aromatic nitrogens is 1. The fourth-order valence-electron chi connectivity index (χ4n) is 2.70. The molecule has 1 amide bonds. The molecule has 4 heteroatoms. The van der Waals surface area contributed by atoms with Gasteiger partial charge in [0.1, 0.15) is 5.69 Å². The molecule has 16 heavy (non-hydrogen) atoms. The zero-order valence-corrected chi connectivity index (χ0v) is 9.43. The largest absolute Gasteiger partial charge is 0.381 e. The highest BCUT2D eigenvalue weighted by molar-refractivity contribution is 5.93. The second-order valence-corrected chi connectivity index (χ2v) is 4.77. The smallest absolute Gasteiger partial charge is 0.270 e. The van der Waals surface area contributed by atoms with Gasteiger partial charge in [-0.15, -0.1) is 0 Å². The van der Waals surface area contributed by atoms with Gasteiger partial charge in [-0.25, -0.2) is 0 Å². The van der Waals surface area contributed by atoms with E-state index in [0.717, 1.165) is 32.0 Å². The van der Waals surface area contributed by atoms with Crippen LogP contribution in [0.2, 0.25) is 0 Å². The highest BCUT2D eigenvalue weighted by atomic mass is 16.5. The Labute approximate surface area is 94.8 Å². The van der Waals surface area contributed by atoms with Crippen LogP contribution in [-0.2, 0) is 11.8 Å². The summed E-state index contributed by atoms with van der Waals surface area (Å²) in [7, 11) is 1.91. The van der Waals surface area contributed by atoms with E-state index in [4.69, 9.17) is 4.74 Å². The van der Waals surface area contributed by atoms with Gasteiger partial charge in [0.25, 0.3) is 5.91 Å². The average molecular weight is 220 g/mol. The normalized spacial score (nSPS) is 28.4. The Morgan fingerprint density at radius 2 is 2.06 bits per heavy atom. The molecular formula is C12H16N2O2. The maximum atomic E-state index is 12.2. The van der Waals surface area contributed by atoms with Crippen LogP contribution in [-0.4, -0.2) is 41.7 Å². The molecule has 0 aliphatic carbocycles. The van der Waals surface area contributed by atoms with Gasteiger partial charge in [-0.1, -0.05) is 0 Å². The van der Waals surface area contributed by atoms with Crippen LogP contribution in [0.3, 0.4) is 0 Å². The first kappa shape index (κ1) is 9.90. The summed E-state index contributed by atoms with van der Waals surface area (Å²) in [5.41, 5.74) is 0.779. The molecule has 2 aliphatic heterocycles. The molecule has 2 atom stereocenters. The van der Waals surface area contributed by atoms with Crippen molar-refractivity contribution in [2.24, 2.45) is 18.9 Å². The number of hydrogen-bond donors (Lipinski definition) is 0. The molecule has 3 heterocycles. The summed E-state index contributed by atoms with van der Waals surface area (Å²) in [5.74, 6) is 1.27. The third-order valence-corrected chi connectivity index (χ3v) is 3.69.